The molecular formula is C19H21N5O2. The zero-order valence-corrected chi connectivity index (χ0v) is 14.8. The summed E-state index contributed by atoms with van der Waals surface area (Å²) in [6.07, 6.45) is 2.25. The van der Waals surface area contributed by atoms with Gasteiger partial charge in [-0.3, -0.25) is 4.79 Å². The van der Waals surface area contributed by atoms with Gasteiger partial charge in [-0.1, -0.05) is 31.1 Å². The van der Waals surface area contributed by atoms with E-state index in [-0.39, 0.29) is 12.5 Å². The molecule has 0 radical (unpaired) electrons. The van der Waals surface area contributed by atoms with Crippen LogP contribution < -0.4 is 11.1 Å². The normalized spacial score (nSPS) is 10.9. The quantitative estimate of drug-likeness (QED) is 0.707. The first-order valence-electron chi connectivity index (χ1n) is 8.42. The average Bonchev–Trinajstić information content (AvgIpc) is 3.06. The van der Waals surface area contributed by atoms with Gasteiger partial charge >= 0.3 is 0 Å². The number of rotatable bonds is 6. The van der Waals surface area contributed by atoms with Gasteiger partial charge in [0.1, 0.15) is 12.1 Å². The Labute approximate surface area is 151 Å². The van der Waals surface area contributed by atoms with Crippen molar-refractivity contribution >= 4 is 11.7 Å². The van der Waals surface area contributed by atoms with Gasteiger partial charge in [-0.15, -0.1) is 0 Å². The molecule has 2 aromatic heterocycles. The Morgan fingerprint density at radius 1 is 1.23 bits per heavy atom. The second kappa shape index (κ2) is 7.77. The van der Waals surface area contributed by atoms with Crippen LogP contribution in [0.4, 0.5) is 5.82 Å². The van der Waals surface area contributed by atoms with Crippen molar-refractivity contribution < 1.29 is 9.32 Å². The molecule has 3 rings (SSSR count). The lowest BCUT2D eigenvalue weighted by Crippen LogP contribution is -2.22. The van der Waals surface area contributed by atoms with Gasteiger partial charge in [0.25, 0.3) is 5.91 Å². The number of carbonyl (C=O) groups excluding carboxylic acids is 1. The van der Waals surface area contributed by atoms with E-state index < -0.39 is 0 Å². The molecule has 0 bridgehead atoms. The minimum atomic E-state index is -0.198. The SMILES string of the molecule is CC(C)Cc1cc(CNC(=O)c2cccc(-c3cc(N)ncn3)c2)on1. The number of carbonyl (C=O) groups is 1. The lowest BCUT2D eigenvalue weighted by atomic mass is 10.1. The summed E-state index contributed by atoms with van der Waals surface area (Å²) in [6.45, 7) is 4.53. The summed E-state index contributed by atoms with van der Waals surface area (Å²) in [7, 11) is 0. The molecule has 0 aliphatic rings. The Bertz CT molecular complexity index is 904. The fourth-order valence-electron chi connectivity index (χ4n) is 2.57. The molecule has 7 nitrogen and oxygen atoms in total. The minimum absolute atomic E-state index is 0.198. The van der Waals surface area contributed by atoms with Gasteiger partial charge < -0.3 is 15.6 Å². The van der Waals surface area contributed by atoms with Crippen molar-refractivity contribution in [2.75, 3.05) is 5.73 Å². The number of nitrogens with two attached hydrogens (primary N) is 1. The molecule has 0 aliphatic heterocycles. The van der Waals surface area contributed by atoms with Crippen molar-refractivity contribution in [2.45, 2.75) is 26.8 Å². The van der Waals surface area contributed by atoms with E-state index in [1.165, 1.54) is 6.33 Å². The number of aromatic nitrogens is 3. The number of nitrogens with one attached hydrogen (secondary N) is 1. The van der Waals surface area contributed by atoms with Crippen molar-refractivity contribution in [3.05, 3.63) is 59.7 Å². The molecule has 0 unspecified atom stereocenters. The van der Waals surface area contributed by atoms with Crippen molar-refractivity contribution in [1.82, 2.24) is 20.4 Å². The van der Waals surface area contributed by atoms with Crippen LogP contribution in [0.2, 0.25) is 0 Å². The van der Waals surface area contributed by atoms with Crippen LogP contribution in [0, 0.1) is 5.92 Å². The van der Waals surface area contributed by atoms with E-state index in [1.54, 1.807) is 24.3 Å². The first kappa shape index (κ1) is 17.6. The van der Waals surface area contributed by atoms with Gasteiger partial charge in [0.2, 0.25) is 0 Å². The predicted octanol–water partition coefficient (Wildman–Crippen LogP) is 2.84. The van der Waals surface area contributed by atoms with E-state index in [0.717, 1.165) is 17.7 Å². The molecule has 3 N–H and O–H groups in total. The summed E-state index contributed by atoms with van der Waals surface area (Å²) in [5.74, 6) is 1.32. The molecule has 0 saturated carbocycles. The van der Waals surface area contributed by atoms with Gasteiger partial charge in [0.15, 0.2) is 5.76 Å². The summed E-state index contributed by atoms with van der Waals surface area (Å²) in [6, 6.07) is 10.7. The van der Waals surface area contributed by atoms with Crippen LogP contribution in [-0.2, 0) is 13.0 Å². The van der Waals surface area contributed by atoms with Gasteiger partial charge in [-0.05, 0) is 24.5 Å². The highest BCUT2D eigenvalue weighted by Gasteiger charge is 2.11. The maximum absolute atomic E-state index is 12.4. The maximum Gasteiger partial charge on any atom is 0.251 e. The molecule has 0 aliphatic carbocycles. The van der Waals surface area contributed by atoms with Gasteiger partial charge in [0.05, 0.1) is 17.9 Å². The second-order valence-electron chi connectivity index (χ2n) is 6.47. The van der Waals surface area contributed by atoms with Crippen LogP contribution in [0.5, 0.6) is 0 Å². The van der Waals surface area contributed by atoms with Crippen molar-refractivity contribution in [1.29, 1.82) is 0 Å². The number of amides is 1. The first-order chi connectivity index (χ1) is 12.5. The summed E-state index contributed by atoms with van der Waals surface area (Å²) in [5.41, 5.74) is 8.58. The van der Waals surface area contributed by atoms with Gasteiger partial charge in [-0.25, -0.2) is 9.97 Å². The highest BCUT2D eigenvalue weighted by molar-refractivity contribution is 5.95. The van der Waals surface area contributed by atoms with Crippen LogP contribution in [0.15, 0.2) is 47.2 Å². The van der Waals surface area contributed by atoms with E-state index >= 15 is 0 Å². The molecule has 3 aromatic rings. The van der Waals surface area contributed by atoms with Crippen LogP contribution in [0.3, 0.4) is 0 Å². The number of hydrogen-bond donors (Lipinski definition) is 2. The summed E-state index contributed by atoms with van der Waals surface area (Å²) < 4.78 is 5.26. The summed E-state index contributed by atoms with van der Waals surface area (Å²) >= 11 is 0. The highest BCUT2D eigenvalue weighted by atomic mass is 16.5. The minimum Gasteiger partial charge on any atom is -0.384 e. The summed E-state index contributed by atoms with van der Waals surface area (Å²) in [5, 5.41) is 6.86. The Kier molecular flexibility index (Phi) is 5.26. The number of hydrogen-bond acceptors (Lipinski definition) is 6. The van der Waals surface area contributed by atoms with Crippen molar-refractivity contribution in [3.63, 3.8) is 0 Å². The van der Waals surface area contributed by atoms with Crippen molar-refractivity contribution in [3.8, 4) is 11.3 Å². The average molecular weight is 351 g/mol. The molecule has 1 amide bonds. The van der Waals surface area contributed by atoms with Crippen LogP contribution >= 0.6 is 0 Å². The van der Waals surface area contributed by atoms with E-state index in [4.69, 9.17) is 10.3 Å². The molecule has 2 heterocycles. The van der Waals surface area contributed by atoms with Crippen molar-refractivity contribution in [2.24, 2.45) is 5.92 Å². The third-order valence-electron chi connectivity index (χ3n) is 3.76. The van der Waals surface area contributed by atoms with Crippen LogP contribution in [0.25, 0.3) is 11.3 Å². The molecule has 0 saturated heterocycles. The number of benzene rings is 1. The molecular weight excluding hydrogens is 330 g/mol. The summed E-state index contributed by atoms with van der Waals surface area (Å²) in [4.78, 5) is 20.5. The number of nitrogens with zero attached hydrogens (tertiary/aromatic N) is 3. The Morgan fingerprint density at radius 2 is 2.08 bits per heavy atom. The lowest BCUT2D eigenvalue weighted by molar-refractivity contribution is 0.0947. The molecule has 134 valence electrons. The first-order valence-corrected chi connectivity index (χ1v) is 8.42. The van der Waals surface area contributed by atoms with E-state index in [0.29, 0.717) is 28.8 Å². The molecule has 0 atom stereocenters. The van der Waals surface area contributed by atoms with Gasteiger partial charge in [-0.2, -0.15) is 0 Å². The lowest BCUT2D eigenvalue weighted by Gasteiger charge is -2.06. The Hall–Kier alpha value is -3.22. The number of anilines is 1. The van der Waals surface area contributed by atoms with E-state index in [1.807, 2.05) is 12.1 Å². The zero-order chi connectivity index (χ0) is 18.5. The second-order valence-corrected chi connectivity index (χ2v) is 6.47. The topological polar surface area (TPSA) is 107 Å². The van der Waals surface area contributed by atoms with Crippen LogP contribution in [0.1, 0.15) is 35.7 Å². The third kappa shape index (κ3) is 4.44. The van der Waals surface area contributed by atoms with E-state index in [9.17, 15) is 4.79 Å². The Morgan fingerprint density at radius 3 is 2.85 bits per heavy atom. The molecule has 7 heteroatoms. The smallest absolute Gasteiger partial charge is 0.251 e. The molecule has 0 fully saturated rings. The maximum atomic E-state index is 12.4. The third-order valence-corrected chi connectivity index (χ3v) is 3.76. The molecule has 1 aromatic carbocycles. The fraction of sp³-hybridized carbons (Fsp3) is 0.263. The standard InChI is InChI=1S/C19H21N5O2/c1-12(2)6-15-8-16(26-24-15)10-21-19(25)14-5-3-4-13(7-14)17-9-18(20)23-11-22-17/h3-5,7-9,11-12H,6,10H2,1-2H3,(H,21,25)(H2,20,22,23). The van der Waals surface area contributed by atoms with Gasteiger partial charge in [0, 0.05) is 23.3 Å². The highest BCUT2D eigenvalue weighted by Crippen LogP contribution is 2.19. The Balaban J connectivity index is 1.66. The van der Waals surface area contributed by atoms with Crippen LogP contribution in [-0.4, -0.2) is 21.0 Å². The largest absolute Gasteiger partial charge is 0.384 e. The zero-order valence-electron chi connectivity index (χ0n) is 14.8. The van der Waals surface area contributed by atoms with E-state index in [2.05, 4.69) is 34.3 Å². The predicted molar refractivity (Wildman–Crippen MR) is 98.1 cm³/mol. The fourth-order valence-corrected chi connectivity index (χ4v) is 2.57. The molecule has 26 heavy (non-hydrogen) atoms. The number of nitrogen functional groups attached to an aromatic ring is 1. The monoisotopic (exact) mass is 351 g/mol. The molecule has 0 spiro atoms.